The number of carbonyl (C=O) groups is 1. The molecule has 0 aliphatic carbocycles. The highest BCUT2D eigenvalue weighted by molar-refractivity contribution is 6.31. The van der Waals surface area contributed by atoms with Crippen LogP contribution in [0, 0.1) is 5.82 Å². The van der Waals surface area contributed by atoms with E-state index < -0.39 is 0 Å². The van der Waals surface area contributed by atoms with Crippen LogP contribution in [0.3, 0.4) is 0 Å². The van der Waals surface area contributed by atoms with Crippen molar-refractivity contribution in [3.63, 3.8) is 0 Å². The Morgan fingerprint density at radius 3 is 2.84 bits per heavy atom. The van der Waals surface area contributed by atoms with Gasteiger partial charge in [-0.15, -0.1) is 0 Å². The summed E-state index contributed by atoms with van der Waals surface area (Å²) in [4.78, 5) is 19.7. The lowest BCUT2D eigenvalue weighted by molar-refractivity contribution is -0.120. The summed E-state index contributed by atoms with van der Waals surface area (Å²) in [5, 5.41) is 3.51. The van der Waals surface area contributed by atoms with Crippen LogP contribution >= 0.6 is 11.6 Å². The predicted molar refractivity (Wildman–Crippen MR) is 97.2 cm³/mol. The first-order valence-electron chi connectivity index (χ1n) is 8.00. The van der Waals surface area contributed by atoms with Crippen molar-refractivity contribution in [1.82, 2.24) is 15.3 Å². The number of halogens is 2. The lowest BCUT2D eigenvalue weighted by Gasteiger charge is -2.25. The highest BCUT2D eigenvalue weighted by Gasteiger charge is 2.22. The molecule has 3 rings (SSSR count). The number of hydrogen-bond acceptors (Lipinski definition) is 2. The fourth-order valence-electron chi connectivity index (χ4n) is 2.66. The number of imidazole rings is 1. The second-order valence-corrected chi connectivity index (χ2v) is 7.13. The summed E-state index contributed by atoms with van der Waals surface area (Å²) in [5.41, 5.74) is 2.04. The molecule has 6 heteroatoms. The molecule has 1 amide bonds. The van der Waals surface area contributed by atoms with E-state index in [0.29, 0.717) is 17.4 Å². The van der Waals surface area contributed by atoms with Crippen LogP contribution in [-0.2, 0) is 16.6 Å². The number of nitrogens with one attached hydrogen (secondary N) is 2. The Morgan fingerprint density at radius 2 is 2.08 bits per heavy atom. The highest BCUT2D eigenvalue weighted by Crippen LogP contribution is 2.23. The summed E-state index contributed by atoms with van der Waals surface area (Å²) in [6.07, 6.45) is 0.144. The van der Waals surface area contributed by atoms with E-state index in [4.69, 9.17) is 11.6 Å². The summed E-state index contributed by atoms with van der Waals surface area (Å²) in [7, 11) is 0. The number of hydrogen-bond donors (Lipinski definition) is 2. The van der Waals surface area contributed by atoms with Gasteiger partial charge in [0.15, 0.2) is 0 Å². The molecule has 1 heterocycles. The van der Waals surface area contributed by atoms with E-state index >= 15 is 0 Å². The average molecular weight is 360 g/mol. The Hall–Kier alpha value is -2.40. The van der Waals surface area contributed by atoms with Gasteiger partial charge in [-0.3, -0.25) is 4.79 Å². The topological polar surface area (TPSA) is 57.8 Å². The van der Waals surface area contributed by atoms with E-state index in [9.17, 15) is 9.18 Å². The van der Waals surface area contributed by atoms with Gasteiger partial charge in [0.1, 0.15) is 11.6 Å². The fraction of sp³-hybridized carbons (Fsp3) is 0.263. The van der Waals surface area contributed by atoms with Gasteiger partial charge in [-0.1, -0.05) is 37.6 Å². The van der Waals surface area contributed by atoms with Crippen LogP contribution in [0.5, 0.6) is 0 Å². The van der Waals surface area contributed by atoms with Crippen molar-refractivity contribution in [1.29, 1.82) is 0 Å². The van der Waals surface area contributed by atoms with Crippen molar-refractivity contribution in [3.05, 3.63) is 64.7 Å². The van der Waals surface area contributed by atoms with E-state index in [1.165, 1.54) is 12.1 Å². The smallest absolute Gasteiger partial charge is 0.227 e. The first-order valence-corrected chi connectivity index (χ1v) is 8.38. The van der Waals surface area contributed by atoms with E-state index in [0.717, 1.165) is 16.6 Å². The zero-order valence-corrected chi connectivity index (χ0v) is 14.8. The number of benzene rings is 2. The number of nitrogens with zero attached hydrogens (tertiary/aromatic N) is 1. The van der Waals surface area contributed by atoms with Crippen LogP contribution in [0.25, 0.3) is 11.0 Å². The van der Waals surface area contributed by atoms with E-state index in [1.54, 1.807) is 18.2 Å². The molecule has 0 radical (unpaired) electrons. The van der Waals surface area contributed by atoms with Crippen LogP contribution in [0.1, 0.15) is 25.2 Å². The first kappa shape index (κ1) is 17.4. The van der Waals surface area contributed by atoms with Crippen molar-refractivity contribution in [2.45, 2.75) is 25.7 Å². The zero-order chi connectivity index (χ0) is 18.0. The minimum atomic E-state index is -0.376. The van der Waals surface area contributed by atoms with Crippen molar-refractivity contribution >= 4 is 28.5 Å². The van der Waals surface area contributed by atoms with Crippen molar-refractivity contribution in [2.75, 3.05) is 6.54 Å². The Kier molecular flexibility index (Phi) is 4.77. The quantitative estimate of drug-likeness (QED) is 0.723. The van der Waals surface area contributed by atoms with Gasteiger partial charge in [-0.25, -0.2) is 9.37 Å². The maximum absolute atomic E-state index is 13.4. The van der Waals surface area contributed by atoms with Gasteiger partial charge in [0, 0.05) is 17.0 Å². The second kappa shape index (κ2) is 6.84. The molecule has 0 atom stereocenters. The molecule has 0 saturated heterocycles. The standard InChI is InChI=1S/C19H19ClFN3O/c1-19(2,12-4-3-5-14(21)8-12)11-22-18(25)10-17-23-15-7-6-13(20)9-16(15)24-17/h3-9H,10-11H2,1-2H3,(H,22,25)(H,23,24). The lowest BCUT2D eigenvalue weighted by Crippen LogP contribution is -2.37. The largest absolute Gasteiger partial charge is 0.355 e. The molecule has 0 spiro atoms. The third-order valence-electron chi connectivity index (χ3n) is 4.15. The molecule has 4 nitrogen and oxygen atoms in total. The molecule has 130 valence electrons. The number of H-pyrrole nitrogens is 1. The number of rotatable bonds is 5. The number of amides is 1. The Labute approximate surface area is 150 Å². The predicted octanol–water partition coefficient (Wildman–Crippen LogP) is 3.99. The highest BCUT2D eigenvalue weighted by atomic mass is 35.5. The van der Waals surface area contributed by atoms with Gasteiger partial charge in [-0.05, 0) is 35.9 Å². The molecular formula is C19H19ClFN3O. The zero-order valence-electron chi connectivity index (χ0n) is 14.1. The molecule has 25 heavy (non-hydrogen) atoms. The van der Waals surface area contributed by atoms with Crippen molar-refractivity contribution in [3.8, 4) is 0 Å². The SMILES string of the molecule is CC(C)(CNC(=O)Cc1nc2ccc(Cl)cc2[nH]1)c1cccc(F)c1. The number of aromatic amines is 1. The molecular weight excluding hydrogens is 341 g/mol. The summed E-state index contributed by atoms with van der Waals surface area (Å²) >= 11 is 5.95. The minimum absolute atomic E-state index is 0.144. The van der Waals surface area contributed by atoms with Gasteiger partial charge in [-0.2, -0.15) is 0 Å². The van der Waals surface area contributed by atoms with Gasteiger partial charge in [0.05, 0.1) is 17.5 Å². The van der Waals surface area contributed by atoms with E-state index in [1.807, 2.05) is 26.0 Å². The third-order valence-corrected chi connectivity index (χ3v) is 4.39. The summed E-state index contributed by atoms with van der Waals surface area (Å²) in [6.45, 7) is 4.33. The van der Waals surface area contributed by atoms with Gasteiger partial charge in [0.25, 0.3) is 0 Å². The number of aromatic nitrogens is 2. The Balaban J connectivity index is 1.63. The average Bonchev–Trinajstić information content (AvgIpc) is 2.94. The molecule has 2 aromatic carbocycles. The van der Waals surface area contributed by atoms with Gasteiger partial charge >= 0.3 is 0 Å². The van der Waals surface area contributed by atoms with Gasteiger partial charge < -0.3 is 10.3 Å². The Bertz CT molecular complexity index is 920. The molecule has 0 saturated carbocycles. The maximum atomic E-state index is 13.4. The summed E-state index contributed by atoms with van der Waals surface area (Å²) in [5.74, 6) is 0.158. The van der Waals surface area contributed by atoms with E-state index in [2.05, 4.69) is 15.3 Å². The molecule has 0 unspecified atom stereocenters. The van der Waals surface area contributed by atoms with Crippen molar-refractivity contribution < 1.29 is 9.18 Å². The number of carbonyl (C=O) groups excluding carboxylic acids is 1. The molecule has 0 aliphatic rings. The normalized spacial score (nSPS) is 11.7. The van der Waals surface area contributed by atoms with Crippen LogP contribution < -0.4 is 5.32 Å². The molecule has 3 aromatic rings. The summed E-state index contributed by atoms with van der Waals surface area (Å²) in [6, 6.07) is 11.8. The fourth-order valence-corrected chi connectivity index (χ4v) is 2.84. The van der Waals surface area contributed by atoms with E-state index in [-0.39, 0.29) is 23.6 Å². The third kappa shape index (κ3) is 4.17. The molecule has 0 fully saturated rings. The monoisotopic (exact) mass is 359 g/mol. The lowest BCUT2D eigenvalue weighted by atomic mass is 9.84. The van der Waals surface area contributed by atoms with Crippen LogP contribution in [0.4, 0.5) is 4.39 Å². The molecule has 0 bridgehead atoms. The Morgan fingerprint density at radius 1 is 1.28 bits per heavy atom. The second-order valence-electron chi connectivity index (χ2n) is 6.69. The van der Waals surface area contributed by atoms with Crippen molar-refractivity contribution in [2.24, 2.45) is 0 Å². The molecule has 0 aliphatic heterocycles. The maximum Gasteiger partial charge on any atom is 0.227 e. The van der Waals surface area contributed by atoms with Crippen LogP contribution in [0.2, 0.25) is 5.02 Å². The molecule has 1 aromatic heterocycles. The number of fused-ring (bicyclic) bond motifs is 1. The summed E-state index contributed by atoms with van der Waals surface area (Å²) < 4.78 is 13.4. The molecule has 2 N–H and O–H groups in total. The first-order chi connectivity index (χ1) is 11.8. The van der Waals surface area contributed by atoms with Crippen LogP contribution in [0.15, 0.2) is 42.5 Å². The van der Waals surface area contributed by atoms with Gasteiger partial charge in [0.2, 0.25) is 5.91 Å². The minimum Gasteiger partial charge on any atom is -0.355 e. The van der Waals surface area contributed by atoms with Crippen LogP contribution in [-0.4, -0.2) is 22.4 Å².